The minimum absolute atomic E-state index is 0. The van der Waals surface area contributed by atoms with Crippen molar-refractivity contribution in [3.63, 3.8) is 0 Å². The molecule has 1 aromatic rings. The van der Waals surface area contributed by atoms with E-state index in [1.165, 1.54) is 19.3 Å². The third kappa shape index (κ3) is 4.46. The van der Waals surface area contributed by atoms with E-state index >= 15 is 0 Å². The normalized spacial score (nSPS) is 25.5. The molecule has 6 nitrogen and oxygen atoms in total. The Morgan fingerprint density at radius 2 is 2.17 bits per heavy atom. The van der Waals surface area contributed by atoms with Crippen molar-refractivity contribution < 1.29 is 4.79 Å². The van der Waals surface area contributed by atoms with Gasteiger partial charge in [0.25, 0.3) is 0 Å². The zero-order chi connectivity index (χ0) is 14.5. The summed E-state index contributed by atoms with van der Waals surface area (Å²) in [6.45, 7) is 3.11. The molecule has 0 spiro atoms. The van der Waals surface area contributed by atoms with E-state index in [0.717, 1.165) is 25.3 Å². The molecule has 2 fully saturated rings. The highest BCUT2D eigenvalue weighted by Gasteiger charge is 2.49. The van der Waals surface area contributed by atoms with Gasteiger partial charge in [0, 0.05) is 32.0 Å². The Morgan fingerprint density at radius 3 is 2.96 bits per heavy atom. The summed E-state index contributed by atoms with van der Waals surface area (Å²) >= 11 is 0. The van der Waals surface area contributed by atoms with Crippen molar-refractivity contribution in [2.24, 2.45) is 11.3 Å². The van der Waals surface area contributed by atoms with Crippen molar-refractivity contribution in [3.05, 3.63) is 18.6 Å². The lowest BCUT2D eigenvalue weighted by Gasteiger charge is -2.37. The summed E-state index contributed by atoms with van der Waals surface area (Å²) in [6, 6.07) is 0. The summed E-state index contributed by atoms with van der Waals surface area (Å²) in [7, 11) is 0. The summed E-state index contributed by atoms with van der Waals surface area (Å²) in [5.41, 5.74) is -0.162. The number of amides is 1. The molecule has 2 aliphatic rings. The fraction of sp³-hybridized carbons (Fsp3) is 0.667. The molecule has 1 aliphatic heterocycles. The van der Waals surface area contributed by atoms with Crippen molar-refractivity contribution in [1.82, 2.24) is 20.6 Å². The minimum Gasteiger partial charge on any atom is -0.367 e. The van der Waals surface area contributed by atoms with Gasteiger partial charge in [0.05, 0.1) is 11.6 Å². The summed E-state index contributed by atoms with van der Waals surface area (Å²) in [6.07, 6.45) is 9.60. The maximum absolute atomic E-state index is 12.6. The van der Waals surface area contributed by atoms with Crippen LogP contribution in [0.2, 0.25) is 0 Å². The van der Waals surface area contributed by atoms with Crippen molar-refractivity contribution in [2.75, 3.05) is 31.5 Å². The van der Waals surface area contributed by atoms with Crippen LogP contribution >= 0.6 is 24.8 Å². The van der Waals surface area contributed by atoms with Gasteiger partial charge in [0.1, 0.15) is 5.82 Å². The second-order valence-electron chi connectivity index (χ2n) is 6.00. The van der Waals surface area contributed by atoms with Gasteiger partial charge in [0.15, 0.2) is 0 Å². The predicted octanol–water partition coefficient (Wildman–Crippen LogP) is 1.63. The first-order chi connectivity index (χ1) is 10.3. The fourth-order valence-corrected chi connectivity index (χ4v) is 3.62. The van der Waals surface area contributed by atoms with E-state index < -0.39 is 0 Å². The highest BCUT2D eigenvalue weighted by molar-refractivity contribution is 5.85. The molecule has 0 unspecified atom stereocenters. The summed E-state index contributed by atoms with van der Waals surface area (Å²) in [5, 5.41) is 9.66. The maximum Gasteiger partial charge on any atom is 0.227 e. The number of anilines is 1. The van der Waals surface area contributed by atoms with Crippen LogP contribution in [-0.4, -0.2) is 42.1 Å². The summed E-state index contributed by atoms with van der Waals surface area (Å²) < 4.78 is 0. The number of nitrogens with one attached hydrogen (secondary N) is 3. The molecule has 1 aliphatic carbocycles. The van der Waals surface area contributed by atoms with Gasteiger partial charge in [-0.25, -0.2) is 4.98 Å². The van der Waals surface area contributed by atoms with Crippen LogP contribution in [0.4, 0.5) is 5.82 Å². The Kier molecular flexibility index (Phi) is 8.02. The molecule has 3 rings (SSSR count). The molecule has 130 valence electrons. The van der Waals surface area contributed by atoms with Crippen LogP contribution in [0.1, 0.15) is 25.7 Å². The second kappa shape index (κ2) is 9.25. The Morgan fingerprint density at radius 1 is 1.30 bits per heavy atom. The number of nitrogens with zero attached hydrogens (tertiary/aromatic N) is 2. The number of carbonyl (C=O) groups excluding carboxylic acids is 1. The second-order valence-corrected chi connectivity index (χ2v) is 6.00. The molecule has 0 radical (unpaired) electrons. The number of halogens is 2. The van der Waals surface area contributed by atoms with E-state index in [9.17, 15) is 4.79 Å². The minimum atomic E-state index is -0.162. The maximum atomic E-state index is 12.6. The van der Waals surface area contributed by atoms with E-state index in [2.05, 4.69) is 25.9 Å². The van der Waals surface area contributed by atoms with Crippen LogP contribution in [0, 0.1) is 11.3 Å². The number of aromatic nitrogens is 2. The molecule has 2 heterocycles. The molecule has 23 heavy (non-hydrogen) atoms. The van der Waals surface area contributed by atoms with E-state index in [1.54, 1.807) is 18.6 Å². The van der Waals surface area contributed by atoms with Crippen LogP contribution in [-0.2, 0) is 4.79 Å². The average Bonchev–Trinajstić information content (AvgIpc) is 2.97. The lowest BCUT2D eigenvalue weighted by Crippen LogP contribution is -2.48. The van der Waals surface area contributed by atoms with Gasteiger partial charge in [0.2, 0.25) is 5.91 Å². The van der Waals surface area contributed by atoms with Gasteiger partial charge in [-0.3, -0.25) is 9.78 Å². The molecule has 0 aromatic carbocycles. The molecule has 1 amide bonds. The van der Waals surface area contributed by atoms with Crippen LogP contribution in [0.3, 0.4) is 0 Å². The molecule has 1 saturated carbocycles. The molecular formula is C15H25Cl2N5O. The zero-order valence-corrected chi connectivity index (χ0v) is 14.7. The van der Waals surface area contributed by atoms with Crippen LogP contribution in [0.15, 0.2) is 18.6 Å². The van der Waals surface area contributed by atoms with E-state index in [1.807, 2.05) is 0 Å². The van der Waals surface area contributed by atoms with Crippen LogP contribution in [0.25, 0.3) is 0 Å². The first kappa shape index (κ1) is 19.9. The molecule has 0 bridgehead atoms. The smallest absolute Gasteiger partial charge is 0.227 e. The number of rotatable bonds is 5. The topological polar surface area (TPSA) is 78.9 Å². The number of hydrogen-bond donors (Lipinski definition) is 3. The first-order valence-corrected chi connectivity index (χ1v) is 7.80. The van der Waals surface area contributed by atoms with Gasteiger partial charge in [-0.05, 0) is 25.3 Å². The lowest BCUT2D eigenvalue weighted by atomic mass is 9.67. The third-order valence-electron chi connectivity index (χ3n) is 4.77. The zero-order valence-electron chi connectivity index (χ0n) is 13.1. The summed E-state index contributed by atoms with van der Waals surface area (Å²) in [5.74, 6) is 1.47. The highest BCUT2D eigenvalue weighted by atomic mass is 35.5. The van der Waals surface area contributed by atoms with Gasteiger partial charge < -0.3 is 16.0 Å². The van der Waals surface area contributed by atoms with E-state index in [0.29, 0.717) is 19.0 Å². The Hall–Kier alpha value is -1.11. The molecule has 2 atom stereocenters. The summed E-state index contributed by atoms with van der Waals surface area (Å²) in [4.78, 5) is 20.7. The van der Waals surface area contributed by atoms with Crippen molar-refractivity contribution in [3.8, 4) is 0 Å². The van der Waals surface area contributed by atoms with Crippen LogP contribution in [0.5, 0.6) is 0 Å². The third-order valence-corrected chi connectivity index (χ3v) is 4.77. The Balaban J connectivity index is 0.00000132. The van der Waals surface area contributed by atoms with Crippen molar-refractivity contribution in [2.45, 2.75) is 25.7 Å². The molecule has 1 saturated heterocycles. The monoisotopic (exact) mass is 361 g/mol. The molecule has 8 heteroatoms. The van der Waals surface area contributed by atoms with Crippen molar-refractivity contribution in [1.29, 1.82) is 0 Å². The van der Waals surface area contributed by atoms with Crippen LogP contribution < -0.4 is 16.0 Å². The number of carbonyl (C=O) groups is 1. The van der Waals surface area contributed by atoms with Gasteiger partial charge in [-0.15, -0.1) is 24.8 Å². The predicted molar refractivity (Wildman–Crippen MR) is 95.3 cm³/mol. The largest absolute Gasteiger partial charge is 0.367 e. The van der Waals surface area contributed by atoms with E-state index in [-0.39, 0.29) is 36.1 Å². The molecule has 3 N–H and O–H groups in total. The molecular weight excluding hydrogens is 337 g/mol. The van der Waals surface area contributed by atoms with Gasteiger partial charge in [-0.2, -0.15) is 0 Å². The van der Waals surface area contributed by atoms with E-state index in [4.69, 9.17) is 0 Å². The number of hydrogen-bond acceptors (Lipinski definition) is 5. The molecule has 1 aromatic heterocycles. The SMILES string of the molecule is Cl.Cl.O=C(NCCNc1cnccn1)[C@@]12CCCC[C@H]1CNC2. The lowest BCUT2D eigenvalue weighted by molar-refractivity contribution is -0.133. The Labute approximate surface area is 149 Å². The van der Waals surface area contributed by atoms with Gasteiger partial charge >= 0.3 is 0 Å². The number of fused-ring (bicyclic) bond motifs is 1. The Bertz CT molecular complexity index is 490. The quantitative estimate of drug-likeness (QED) is 0.694. The standard InChI is InChI=1S/C15H23N5O.2ClH/c21-14(15-4-2-1-3-12(15)9-17-11-15)20-8-7-19-13-10-16-5-6-18-13;;/h5-6,10,12,17H,1-4,7-9,11H2,(H,18,19)(H,20,21);2*1H/t12-,15+;;/m0../s1. The highest BCUT2D eigenvalue weighted by Crippen LogP contribution is 2.43. The fourth-order valence-electron chi connectivity index (χ4n) is 3.62. The van der Waals surface area contributed by atoms with Crippen molar-refractivity contribution >= 4 is 36.5 Å². The first-order valence-electron chi connectivity index (χ1n) is 7.80. The average molecular weight is 362 g/mol. The van der Waals surface area contributed by atoms with Gasteiger partial charge in [-0.1, -0.05) is 12.8 Å².